The Bertz CT molecular complexity index is 314. The average molecular weight is 268 g/mol. The Morgan fingerprint density at radius 3 is 2.37 bits per heavy atom. The number of nitrogens with one attached hydrogen (secondary N) is 1. The molecule has 3 N–H and O–H groups in total. The molecule has 1 saturated carbocycles. The fourth-order valence-electron chi connectivity index (χ4n) is 4.56. The predicted molar refractivity (Wildman–Crippen MR) is 79.6 cm³/mol. The van der Waals surface area contributed by atoms with E-state index in [-0.39, 0.29) is 11.2 Å². The topological polar surface area (TPSA) is 47.3 Å². The Balaban J connectivity index is 2.10. The molecule has 2 fully saturated rings. The lowest BCUT2D eigenvalue weighted by Crippen LogP contribution is -2.50. The maximum Gasteiger partial charge on any atom is 0.0678 e. The molecule has 0 radical (unpaired) electrons. The molecule has 2 rings (SSSR count). The second kappa shape index (κ2) is 5.34. The molecule has 112 valence electrons. The molecule has 0 amide bonds. The van der Waals surface area contributed by atoms with Crippen molar-refractivity contribution in [3.05, 3.63) is 0 Å². The van der Waals surface area contributed by atoms with Crippen LogP contribution in [0.5, 0.6) is 0 Å². The fourth-order valence-corrected chi connectivity index (χ4v) is 4.56. The Morgan fingerprint density at radius 1 is 1.26 bits per heavy atom. The summed E-state index contributed by atoms with van der Waals surface area (Å²) in [6, 6.07) is 0.397. The maximum absolute atomic E-state index is 6.25. The monoisotopic (exact) mass is 268 g/mol. The molecular formula is C16H32N2O. The van der Waals surface area contributed by atoms with Crippen LogP contribution >= 0.6 is 0 Å². The highest BCUT2D eigenvalue weighted by molar-refractivity contribution is 5.01. The first-order valence-electron chi connectivity index (χ1n) is 7.95. The largest absolute Gasteiger partial charge is 0.369 e. The van der Waals surface area contributed by atoms with E-state index < -0.39 is 0 Å². The summed E-state index contributed by atoms with van der Waals surface area (Å²) in [7, 11) is 0. The van der Waals surface area contributed by atoms with Crippen molar-refractivity contribution in [2.45, 2.75) is 84.0 Å². The molecular weight excluding hydrogens is 236 g/mol. The van der Waals surface area contributed by atoms with E-state index in [0.717, 1.165) is 18.3 Å². The quantitative estimate of drug-likeness (QED) is 0.608. The number of hydrogen-bond acceptors (Lipinski definition) is 3. The van der Waals surface area contributed by atoms with Gasteiger partial charge in [-0.3, -0.25) is 11.3 Å². The molecule has 0 bridgehead atoms. The molecule has 3 heteroatoms. The number of ether oxygens (including phenoxy) is 1. The molecule has 1 heterocycles. The van der Waals surface area contributed by atoms with Gasteiger partial charge in [0.2, 0.25) is 0 Å². The summed E-state index contributed by atoms with van der Waals surface area (Å²) in [5.41, 5.74) is 3.04. The van der Waals surface area contributed by atoms with Crippen molar-refractivity contribution in [2.75, 3.05) is 0 Å². The molecule has 4 unspecified atom stereocenters. The Kier molecular flexibility index (Phi) is 4.29. The molecule has 0 aromatic heterocycles. The third kappa shape index (κ3) is 3.14. The van der Waals surface area contributed by atoms with E-state index in [4.69, 9.17) is 10.6 Å². The van der Waals surface area contributed by atoms with Crippen LogP contribution in [0.15, 0.2) is 0 Å². The van der Waals surface area contributed by atoms with Crippen LogP contribution in [0.1, 0.15) is 66.7 Å². The van der Waals surface area contributed by atoms with Gasteiger partial charge >= 0.3 is 0 Å². The lowest BCUT2D eigenvalue weighted by Gasteiger charge is -2.36. The van der Waals surface area contributed by atoms with Crippen molar-refractivity contribution in [1.29, 1.82) is 0 Å². The van der Waals surface area contributed by atoms with Gasteiger partial charge in [0.15, 0.2) is 0 Å². The van der Waals surface area contributed by atoms with Gasteiger partial charge in [0.25, 0.3) is 0 Å². The Hall–Kier alpha value is -0.120. The highest BCUT2D eigenvalue weighted by atomic mass is 16.5. The first kappa shape index (κ1) is 15.3. The fraction of sp³-hybridized carbons (Fsp3) is 1.00. The van der Waals surface area contributed by atoms with Crippen molar-refractivity contribution in [3.8, 4) is 0 Å². The van der Waals surface area contributed by atoms with Gasteiger partial charge in [0.1, 0.15) is 0 Å². The van der Waals surface area contributed by atoms with Gasteiger partial charge < -0.3 is 4.74 Å². The molecule has 1 aliphatic carbocycles. The number of hydrogen-bond donors (Lipinski definition) is 2. The van der Waals surface area contributed by atoms with Crippen molar-refractivity contribution in [1.82, 2.24) is 5.43 Å². The zero-order chi connectivity index (χ0) is 14.3. The molecule has 0 spiro atoms. The van der Waals surface area contributed by atoms with E-state index in [1.807, 2.05) is 0 Å². The van der Waals surface area contributed by atoms with Crippen LogP contribution in [0.25, 0.3) is 0 Å². The van der Waals surface area contributed by atoms with Crippen molar-refractivity contribution in [2.24, 2.45) is 23.6 Å². The molecule has 19 heavy (non-hydrogen) atoms. The van der Waals surface area contributed by atoms with Crippen LogP contribution < -0.4 is 11.3 Å². The van der Waals surface area contributed by atoms with Crippen LogP contribution in [0.3, 0.4) is 0 Å². The molecule has 3 nitrogen and oxygen atoms in total. The zero-order valence-corrected chi connectivity index (χ0v) is 13.3. The number of rotatable bonds is 4. The minimum atomic E-state index is -0.0785. The molecule has 2 aliphatic rings. The van der Waals surface area contributed by atoms with Gasteiger partial charge in [-0.15, -0.1) is 0 Å². The third-order valence-corrected chi connectivity index (χ3v) is 5.44. The molecule has 0 aromatic carbocycles. The summed E-state index contributed by atoms with van der Waals surface area (Å²) < 4.78 is 6.25. The van der Waals surface area contributed by atoms with Gasteiger partial charge in [-0.1, -0.05) is 19.8 Å². The minimum Gasteiger partial charge on any atom is -0.369 e. The second-order valence-corrected chi connectivity index (χ2v) is 7.82. The van der Waals surface area contributed by atoms with Gasteiger partial charge in [-0.05, 0) is 58.8 Å². The Morgan fingerprint density at radius 2 is 1.95 bits per heavy atom. The maximum atomic E-state index is 6.25. The van der Waals surface area contributed by atoms with Gasteiger partial charge in [0.05, 0.1) is 11.2 Å². The zero-order valence-electron chi connectivity index (χ0n) is 13.3. The van der Waals surface area contributed by atoms with Crippen LogP contribution in [-0.2, 0) is 4.74 Å². The summed E-state index contributed by atoms with van der Waals surface area (Å²) in [6.45, 7) is 11.2. The smallest absolute Gasteiger partial charge is 0.0678 e. The van der Waals surface area contributed by atoms with Gasteiger partial charge in [0, 0.05) is 12.0 Å². The first-order valence-corrected chi connectivity index (χ1v) is 7.95. The van der Waals surface area contributed by atoms with Crippen molar-refractivity contribution in [3.63, 3.8) is 0 Å². The first-order chi connectivity index (χ1) is 8.79. The highest BCUT2D eigenvalue weighted by Crippen LogP contribution is 2.47. The second-order valence-electron chi connectivity index (χ2n) is 7.82. The summed E-state index contributed by atoms with van der Waals surface area (Å²) in [5, 5.41) is 0. The van der Waals surface area contributed by atoms with Gasteiger partial charge in [-0.2, -0.15) is 0 Å². The normalized spacial score (nSPS) is 38.5. The molecule has 1 aliphatic heterocycles. The lowest BCUT2D eigenvalue weighted by atomic mass is 9.76. The minimum absolute atomic E-state index is 0.0218. The molecule has 0 aromatic rings. The third-order valence-electron chi connectivity index (χ3n) is 5.44. The molecule has 4 atom stereocenters. The summed E-state index contributed by atoms with van der Waals surface area (Å²) in [4.78, 5) is 0. The van der Waals surface area contributed by atoms with Crippen LogP contribution in [0, 0.1) is 17.8 Å². The highest BCUT2D eigenvalue weighted by Gasteiger charge is 2.51. The standard InChI is InChI=1S/C16H32N2O/c1-6-11-7-8-12(9-11)14(18-17)13-10-15(2,3)19-16(13,4)5/h11-14,18H,6-10,17H2,1-5H3. The van der Waals surface area contributed by atoms with E-state index in [2.05, 4.69) is 40.0 Å². The van der Waals surface area contributed by atoms with E-state index in [0.29, 0.717) is 12.0 Å². The van der Waals surface area contributed by atoms with E-state index in [1.54, 1.807) is 0 Å². The molecule has 1 saturated heterocycles. The summed E-state index contributed by atoms with van der Waals surface area (Å²) >= 11 is 0. The predicted octanol–water partition coefficient (Wildman–Crippen LogP) is 3.24. The Labute approximate surface area is 118 Å². The van der Waals surface area contributed by atoms with Crippen molar-refractivity contribution < 1.29 is 4.74 Å². The van der Waals surface area contributed by atoms with E-state index >= 15 is 0 Å². The number of nitrogens with two attached hydrogens (primary N) is 1. The van der Waals surface area contributed by atoms with Crippen LogP contribution in [-0.4, -0.2) is 17.2 Å². The van der Waals surface area contributed by atoms with E-state index in [9.17, 15) is 0 Å². The lowest BCUT2D eigenvalue weighted by molar-refractivity contribution is -0.0796. The van der Waals surface area contributed by atoms with Crippen LogP contribution in [0.2, 0.25) is 0 Å². The van der Waals surface area contributed by atoms with Crippen LogP contribution in [0.4, 0.5) is 0 Å². The van der Waals surface area contributed by atoms with Crippen molar-refractivity contribution >= 4 is 0 Å². The summed E-state index contributed by atoms with van der Waals surface area (Å²) in [6.07, 6.45) is 6.43. The van der Waals surface area contributed by atoms with Gasteiger partial charge in [-0.25, -0.2) is 0 Å². The number of hydrazine groups is 1. The van der Waals surface area contributed by atoms with E-state index in [1.165, 1.54) is 25.7 Å². The summed E-state index contributed by atoms with van der Waals surface area (Å²) in [5.74, 6) is 8.05. The SMILES string of the molecule is CCC1CCC(C(NN)C2CC(C)(C)OC2(C)C)C1. The average Bonchev–Trinajstić information content (AvgIpc) is 2.83.